The molecule has 0 spiro atoms. The number of ether oxygens (including phenoxy) is 1. The summed E-state index contributed by atoms with van der Waals surface area (Å²) in [5.41, 5.74) is 1.97. The molecule has 0 bridgehead atoms. The van der Waals surface area contributed by atoms with Crippen molar-refractivity contribution in [1.29, 1.82) is 0 Å². The number of hydrogen-bond acceptors (Lipinski definition) is 3. The van der Waals surface area contributed by atoms with Crippen molar-refractivity contribution in [3.8, 4) is 0 Å². The summed E-state index contributed by atoms with van der Waals surface area (Å²) in [6.07, 6.45) is 0.468. The van der Waals surface area contributed by atoms with Crippen molar-refractivity contribution in [2.45, 2.75) is 26.3 Å². The fraction of sp³-hybridized carbons (Fsp3) is 0.533. The zero-order chi connectivity index (χ0) is 14.3. The van der Waals surface area contributed by atoms with Crippen molar-refractivity contribution in [2.75, 3.05) is 26.1 Å². The summed E-state index contributed by atoms with van der Waals surface area (Å²) < 4.78 is 5.04. The lowest BCUT2D eigenvalue weighted by Crippen LogP contribution is -2.20. The van der Waals surface area contributed by atoms with Crippen LogP contribution in [-0.4, -0.2) is 26.7 Å². The van der Waals surface area contributed by atoms with Gasteiger partial charge in [-0.3, -0.25) is 4.79 Å². The second-order valence-electron chi connectivity index (χ2n) is 4.91. The first-order valence-corrected chi connectivity index (χ1v) is 6.63. The van der Waals surface area contributed by atoms with E-state index >= 15 is 0 Å². The Kier molecular flexibility index (Phi) is 6.53. The van der Waals surface area contributed by atoms with Crippen molar-refractivity contribution in [3.63, 3.8) is 0 Å². The summed E-state index contributed by atoms with van der Waals surface area (Å²) in [6.45, 7) is 4.67. The maximum Gasteiger partial charge on any atom is 0.224 e. The minimum atomic E-state index is 0.0281. The molecule has 19 heavy (non-hydrogen) atoms. The highest BCUT2D eigenvalue weighted by Crippen LogP contribution is 2.22. The van der Waals surface area contributed by atoms with Crippen LogP contribution in [0.15, 0.2) is 24.3 Å². The monoisotopic (exact) mass is 264 g/mol. The van der Waals surface area contributed by atoms with Gasteiger partial charge in [0.05, 0.1) is 0 Å². The van der Waals surface area contributed by atoms with Gasteiger partial charge in [0.2, 0.25) is 5.91 Å². The first-order chi connectivity index (χ1) is 9.08. The maximum absolute atomic E-state index is 12.0. The Bertz CT molecular complexity index is 407. The topological polar surface area (TPSA) is 50.4 Å². The van der Waals surface area contributed by atoms with Crippen LogP contribution in [0, 0.1) is 5.92 Å². The van der Waals surface area contributed by atoms with E-state index in [4.69, 9.17) is 4.74 Å². The van der Waals surface area contributed by atoms with Gasteiger partial charge < -0.3 is 15.4 Å². The smallest absolute Gasteiger partial charge is 0.224 e. The third-order valence-corrected chi connectivity index (χ3v) is 3.12. The number of para-hydroxylation sites is 1. The summed E-state index contributed by atoms with van der Waals surface area (Å²) >= 11 is 0. The molecule has 1 rings (SSSR count). The highest BCUT2D eigenvalue weighted by atomic mass is 16.5. The zero-order valence-electron chi connectivity index (χ0n) is 12.2. The van der Waals surface area contributed by atoms with Crippen molar-refractivity contribution in [1.82, 2.24) is 5.32 Å². The number of nitrogens with one attached hydrogen (secondary N) is 2. The molecule has 2 atom stereocenters. The standard InChI is InChI=1S/C15H24N2O2/c1-11(10-19-4)9-15(18)17-14-8-6-5-7-13(14)12(2)16-3/h5-8,11-12,16H,9-10H2,1-4H3,(H,17,18). The average Bonchev–Trinajstić information content (AvgIpc) is 2.38. The van der Waals surface area contributed by atoms with E-state index in [9.17, 15) is 4.79 Å². The molecule has 0 saturated carbocycles. The van der Waals surface area contributed by atoms with E-state index in [0.717, 1.165) is 11.3 Å². The molecule has 0 radical (unpaired) electrons. The molecular weight excluding hydrogens is 240 g/mol. The van der Waals surface area contributed by atoms with Gasteiger partial charge in [-0.2, -0.15) is 0 Å². The van der Waals surface area contributed by atoms with Gasteiger partial charge in [0.1, 0.15) is 0 Å². The number of amides is 1. The minimum Gasteiger partial charge on any atom is -0.384 e. The lowest BCUT2D eigenvalue weighted by Gasteiger charge is -2.17. The van der Waals surface area contributed by atoms with Gasteiger partial charge in [-0.15, -0.1) is 0 Å². The first kappa shape index (κ1) is 15.7. The number of methoxy groups -OCH3 is 1. The molecular formula is C15H24N2O2. The molecule has 1 aromatic rings. The van der Waals surface area contributed by atoms with Crippen molar-refractivity contribution >= 4 is 11.6 Å². The lowest BCUT2D eigenvalue weighted by atomic mass is 10.1. The number of rotatable bonds is 7. The molecule has 1 amide bonds. The van der Waals surface area contributed by atoms with E-state index < -0.39 is 0 Å². The summed E-state index contributed by atoms with van der Waals surface area (Å²) in [4.78, 5) is 12.0. The van der Waals surface area contributed by atoms with E-state index in [1.54, 1.807) is 7.11 Å². The van der Waals surface area contributed by atoms with E-state index in [1.807, 2.05) is 38.2 Å². The van der Waals surface area contributed by atoms with Crippen LogP contribution in [0.25, 0.3) is 0 Å². The highest BCUT2D eigenvalue weighted by molar-refractivity contribution is 5.91. The van der Waals surface area contributed by atoms with Gasteiger partial charge in [0.25, 0.3) is 0 Å². The molecule has 0 aliphatic carbocycles. The second-order valence-corrected chi connectivity index (χ2v) is 4.91. The van der Waals surface area contributed by atoms with Crippen LogP contribution in [0.5, 0.6) is 0 Å². The van der Waals surface area contributed by atoms with Gasteiger partial charge in [-0.25, -0.2) is 0 Å². The summed E-state index contributed by atoms with van der Waals surface area (Å²) in [5.74, 6) is 0.249. The van der Waals surface area contributed by atoms with Crippen LogP contribution < -0.4 is 10.6 Å². The molecule has 2 N–H and O–H groups in total. The predicted octanol–water partition coefficient (Wildman–Crippen LogP) is 2.58. The molecule has 2 unspecified atom stereocenters. The molecule has 0 saturated heterocycles. The number of carbonyl (C=O) groups excluding carboxylic acids is 1. The number of anilines is 1. The second kappa shape index (κ2) is 7.92. The van der Waals surface area contributed by atoms with Gasteiger partial charge >= 0.3 is 0 Å². The Morgan fingerprint density at radius 1 is 1.32 bits per heavy atom. The largest absolute Gasteiger partial charge is 0.384 e. The average molecular weight is 264 g/mol. The third-order valence-electron chi connectivity index (χ3n) is 3.12. The normalized spacial score (nSPS) is 13.9. The van der Waals surface area contributed by atoms with Crippen LogP contribution in [0.1, 0.15) is 31.9 Å². The highest BCUT2D eigenvalue weighted by Gasteiger charge is 2.13. The van der Waals surface area contributed by atoms with E-state index in [0.29, 0.717) is 13.0 Å². The molecule has 0 aliphatic heterocycles. The number of hydrogen-bond donors (Lipinski definition) is 2. The summed E-state index contributed by atoms with van der Waals surface area (Å²) in [6, 6.07) is 8.07. The number of carbonyl (C=O) groups is 1. The van der Waals surface area contributed by atoms with Crippen molar-refractivity contribution < 1.29 is 9.53 Å². The quantitative estimate of drug-likeness (QED) is 0.796. The van der Waals surface area contributed by atoms with Crippen molar-refractivity contribution in [2.24, 2.45) is 5.92 Å². The first-order valence-electron chi connectivity index (χ1n) is 6.63. The van der Waals surface area contributed by atoms with E-state index in [2.05, 4.69) is 17.6 Å². The number of benzene rings is 1. The Balaban J connectivity index is 2.68. The van der Waals surface area contributed by atoms with Crippen LogP contribution in [0.2, 0.25) is 0 Å². The Labute approximate surface area is 115 Å². The van der Waals surface area contributed by atoms with Gasteiger partial charge in [0.15, 0.2) is 0 Å². The fourth-order valence-electron chi connectivity index (χ4n) is 2.01. The molecule has 0 aromatic heterocycles. The van der Waals surface area contributed by atoms with Gasteiger partial charge in [0, 0.05) is 31.9 Å². The fourth-order valence-corrected chi connectivity index (χ4v) is 2.01. The Morgan fingerprint density at radius 2 is 2.00 bits per heavy atom. The summed E-state index contributed by atoms with van der Waals surface area (Å²) in [7, 11) is 3.56. The molecule has 0 fully saturated rings. The van der Waals surface area contributed by atoms with Gasteiger partial charge in [-0.05, 0) is 31.5 Å². The Hall–Kier alpha value is -1.39. The lowest BCUT2D eigenvalue weighted by molar-refractivity contribution is -0.117. The third kappa shape index (κ3) is 5.01. The van der Waals surface area contributed by atoms with E-state index in [1.165, 1.54) is 0 Å². The minimum absolute atomic E-state index is 0.0281. The maximum atomic E-state index is 12.0. The van der Waals surface area contributed by atoms with Crippen LogP contribution in [0.3, 0.4) is 0 Å². The molecule has 0 heterocycles. The van der Waals surface area contributed by atoms with Crippen LogP contribution >= 0.6 is 0 Å². The molecule has 0 aliphatic rings. The summed E-state index contributed by atoms with van der Waals surface area (Å²) in [5, 5.41) is 6.17. The molecule has 4 heteroatoms. The van der Waals surface area contributed by atoms with Crippen molar-refractivity contribution in [3.05, 3.63) is 29.8 Å². The molecule has 106 valence electrons. The van der Waals surface area contributed by atoms with Gasteiger partial charge in [-0.1, -0.05) is 25.1 Å². The van der Waals surface area contributed by atoms with Crippen LogP contribution in [0.4, 0.5) is 5.69 Å². The predicted molar refractivity (Wildman–Crippen MR) is 78.2 cm³/mol. The Morgan fingerprint density at radius 3 is 2.63 bits per heavy atom. The van der Waals surface area contributed by atoms with Crippen LogP contribution in [-0.2, 0) is 9.53 Å². The zero-order valence-corrected chi connectivity index (χ0v) is 12.2. The van der Waals surface area contributed by atoms with E-state index in [-0.39, 0.29) is 17.9 Å². The molecule has 1 aromatic carbocycles. The molecule has 4 nitrogen and oxygen atoms in total. The SMILES string of the molecule is CNC(C)c1ccccc1NC(=O)CC(C)COC.